The van der Waals surface area contributed by atoms with Gasteiger partial charge in [0.2, 0.25) is 0 Å². The van der Waals surface area contributed by atoms with E-state index in [-0.39, 0.29) is 0 Å². The first-order valence-electron chi connectivity index (χ1n) is 6.78. The summed E-state index contributed by atoms with van der Waals surface area (Å²) in [5.74, 6) is 1.07. The van der Waals surface area contributed by atoms with Crippen molar-refractivity contribution in [2.24, 2.45) is 0 Å². The maximum Gasteiger partial charge on any atom is 0.189 e. The van der Waals surface area contributed by atoms with Crippen LogP contribution in [-0.4, -0.2) is 28.8 Å². The summed E-state index contributed by atoms with van der Waals surface area (Å²) in [4.78, 5) is 9.31. The number of hydrogen-bond donors (Lipinski definition) is 2. The molecule has 2 heterocycles. The normalized spacial score (nSPS) is 19.8. The SMILES string of the molecule is CSc1nc2c(c(NC3CCCC3)n1)CNCC2. The van der Waals surface area contributed by atoms with Crippen molar-refractivity contribution in [2.75, 3.05) is 18.1 Å². The van der Waals surface area contributed by atoms with Crippen LogP contribution < -0.4 is 10.6 Å². The molecule has 2 aliphatic rings. The molecule has 1 saturated carbocycles. The van der Waals surface area contributed by atoms with Crippen molar-refractivity contribution < 1.29 is 0 Å². The smallest absolute Gasteiger partial charge is 0.189 e. The van der Waals surface area contributed by atoms with Gasteiger partial charge in [-0.1, -0.05) is 24.6 Å². The molecule has 4 nitrogen and oxygen atoms in total. The number of fused-ring (bicyclic) bond motifs is 1. The number of rotatable bonds is 3. The number of nitrogens with one attached hydrogen (secondary N) is 2. The van der Waals surface area contributed by atoms with Gasteiger partial charge in [0.1, 0.15) is 5.82 Å². The van der Waals surface area contributed by atoms with Gasteiger partial charge < -0.3 is 10.6 Å². The third-order valence-electron chi connectivity index (χ3n) is 3.79. The van der Waals surface area contributed by atoms with E-state index in [4.69, 9.17) is 0 Å². The van der Waals surface area contributed by atoms with E-state index in [1.165, 1.54) is 36.9 Å². The molecule has 0 saturated heterocycles. The molecule has 3 rings (SSSR count). The van der Waals surface area contributed by atoms with Gasteiger partial charge in [0.25, 0.3) is 0 Å². The van der Waals surface area contributed by atoms with E-state index < -0.39 is 0 Å². The summed E-state index contributed by atoms with van der Waals surface area (Å²) in [7, 11) is 0. The largest absolute Gasteiger partial charge is 0.367 e. The predicted octanol–water partition coefficient (Wildman–Crippen LogP) is 2.20. The molecule has 1 fully saturated rings. The van der Waals surface area contributed by atoms with Crippen molar-refractivity contribution in [2.45, 2.75) is 49.8 Å². The van der Waals surface area contributed by atoms with E-state index in [0.29, 0.717) is 6.04 Å². The van der Waals surface area contributed by atoms with Crippen molar-refractivity contribution in [3.8, 4) is 0 Å². The van der Waals surface area contributed by atoms with E-state index in [2.05, 4.69) is 20.6 Å². The first kappa shape index (κ1) is 12.2. The molecule has 18 heavy (non-hydrogen) atoms. The van der Waals surface area contributed by atoms with Gasteiger partial charge in [-0.2, -0.15) is 0 Å². The number of aromatic nitrogens is 2. The fraction of sp³-hybridized carbons (Fsp3) is 0.692. The molecule has 2 N–H and O–H groups in total. The zero-order chi connectivity index (χ0) is 12.4. The van der Waals surface area contributed by atoms with Crippen LogP contribution >= 0.6 is 11.8 Å². The highest BCUT2D eigenvalue weighted by Crippen LogP contribution is 2.27. The van der Waals surface area contributed by atoms with Crippen LogP contribution in [0.4, 0.5) is 5.82 Å². The van der Waals surface area contributed by atoms with Gasteiger partial charge in [-0.15, -0.1) is 0 Å². The number of hydrogen-bond acceptors (Lipinski definition) is 5. The summed E-state index contributed by atoms with van der Waals surface area (Å²) < 4.78 is 0. The second kappa shape index (κ2) is 5.45. The average Bonchev–Trinajstić information content (AvgIpc) is 2.91. The van der Waals surface area contributed by atoms with Gasteiger partial charge in [0.05, 0.1) is 5.69 Å². The lowest BCUT2D eigenvalue weighted by atomic mass is 10.1. The monoisotopic (exact) mass is 264 g/mol. The highest BCUT2D eigenvalue weighted by atomic mass is 32.2. The lowest BCUT2D eigenvalue weighted by Gasteiger charge is -2.22. The molecule has 0 radical (unpaired) electrons. The van der Waals surface area contributed by atoms with Crippen LogP contribution in [0, 0.1) is 0 Å². The van der Waals surface area contributed by atoms with E-state index in [1.54, 1.807) is 11.8 Å². The minimum Gasteiger partial charge on any atom is -0.367 e. The Morgan fingerprint density at radius 1 is 1.28 bits per heavy atom. The molecule has 0 bridgehead atoms. The fourth-order valence-corrected chi connectivity index (χ4v) is 3.18. The molecular formula is C13H20N4S. The lowest BCUT2D eigenvalue weighted by Crippen LogP contribution is -2.28. The molecular weight excluding hydrogens is 244 g/mol. The van der Waals surface area contributed by atoms with Crippen molar-refractivity contribution >= 4 is 17.6 Å². The molecule has 5 heteroatoms. The Balaban J connectivity index is 1.89. The topological polar surface area (TPSA) is 49.8 Å². The third-order valence-corrected chi connectivity index (χ3v) is 4.34. The standard InChI is InChI=1S/C13H20N4S/c1-18-13-16-11-6-7-14-8-10(11)12(17-13)15-9-4-2-3-5-9/h9,14H,2-8H2,1H3,(H,15,16,17). The van der Waals surface area contributed by atoms with Crippen LogP contribution in [0.25, 0.3) is 0 Å². The molecule has 98 valence electrons. The molecule has 0 unspecified atom stereocenters. The maximum absolute atomic E-state index is 4.67. The van der Waals surface area contributed by atoms with E-state index in [9.17, 15) is 0 Å². The first-order valence-corrected chi connectivity index (χ1v) is 8.00. The lowest BCUT2D eigenvalue weighted by molar-refractivity contribution is 0.614. The number of anilines is 1. The van der Waals surface area contributed by atoms with Crippen LogP contribution in [0.15, 0.2) is 5.16 Å². The minimum absolute atomic E-state index is 0.612. The highest BCUT2D eigenvalue weighted by molar-refractivity contribution is 7.98. The molecule has 0 amide bonds. The Morgan fingerprint density at radius 2 is 2.11 bits per heavy atom. The van der Waals surface area contributed by atoms with Gasteiger partial charge in [-0.05, 0) is 19.1 Å². The Morgan fingerprint density at radius 3 is 2.89 bits per heavy atom. The van der Waals surface area contributed by atoms with Gasteiger partial charge in [0, 0.05) is 31.1 Å². The zero-order valence-electron chi connectivity index (χ0n) is 10.8. The van der Waals surface area contributed by atoms with Crippen molar-refractivity contribution in [1.82, 2.24) is 15.3 Å². The third kappa shape index (κ3) is 2.47. The van der Waals surface area contributed by atoms with Crippen LogP contribution in [-0.2, 0) is 13.0 Å². The zero-order valence-corrected chi connectivity index (χ0v) is 11.6. The van der Waals surface area contributed by atoms with Crippen molar-refractivity contribution in [3.63, 3.8) is 0 Å². The van der Waals surface area contributed by atoms with Gasteiger partial charge in [-0.3, -0.25) is 0 Å². The van der Waals surface area contributed by atoms with Crippen molar-refractivity contribution in [3.05, 3.63) is 11.3 Å². The van der Waals surface area contributed by atoms with Crippen molar-refractivity contribution in [1.29, 1.82) is 0 Å². The van der Waals surface area contributed by atoms with Crippen LogP contribution in [0.2, 0.25) is 0 Å². The molecule has 1 aromatic heterocycles. The predicted molar refractivity (Wildman–Crippen MR) is 75.1 cm³/mol. The molecule has 0 atom stereocenters. The van der Waals surface area contributed by atoms with Crippen LogP contribution in [0.3, 0.4) is 0 Å². The highest BCUT2D eigenvalue weighted by Gasteiger charge is 2.21. The summed E-state index contributed by atoms with van der Waals surface area (Å²) in [6, 6.07) is 0.612. The molecule has 1 aliphatic carbocycles. The second-order valence-electron chi connectivity index (χ2n) is 5.04. The summed E-state index contributed by atoms with van der Waals surface area (Å²) in [6.45, 7) is 1.93. The second-order valence-corrected chi connectivity index (χ2v) is 5.81. The summed E-state index contributed by atoms with van der Waals surface area (Å²) in [5, 5.41) is 7.96. The van der Waals surface area contributed by atoms with E-state index in [1.807, 2.05) is 6.26 Å². The fourth-order valence-electron chi connectivity index (χ4n) is 2.79. The Kier molecular flexibility index (Phi) is 3.70. The van der Waals surface area contributed by atoms with Gasteiger partial charge >= 0.3 is 0 Å². The van der Waals surface area contributed by atoms with Crippen LogP contribution in [0.1, 0.15) is 36.9 Å². The van der Waals surface area contributed by atoms with Gasteiger partial charge in [0.15, 0.2) is 5.16 Å². The van der Waals surface area contributed by atoms with Gasteiger partial charge in [-0.25, -0.2) is 9.97 Å². The first-order chi connectivity index (χ1) is 8.86. The molecule has 1 aromatic rings. The van der Waals surface area contributed by atoms with E-state index in [0.717, 1.165) is 30.5 Å². The maximum atomic E-state index is 4.67. The molecule has 1 aliphatic heterocycles. The Bertz CT molecular complexity index is 429. The average molecular weight is 264 g/mol. The summed E-state index contributed by atoms with van der Waals surface area (Å²) in [5.41, 5.74) is 2.51. The molecule has 0 spiro atoms. The number of nitrogens with zero attached hydrogens (tertiary/aromatic N) is 2. The quantitative estimate of drug-likeness (QED) is 0.647. The van der Waals surface area contributed by atoms with Crippen LogP contribution in [0.5, 0.6) is 0 Å². The Hall–Kier alpha value is -0.810. The van der Waals surface area contributed by atoms with E-state index >= 15 is 0 Å². The summed E-state index contributed by atoms with van der Waals surface area (Å²) >= 11 is 1.63. The Labute approximate surface area is 112 Å². The minimum atomic E-state index is 0.612. The molecule has 0 aromatic carbocycles. The summed E-state index contributed by atoms with van der Waals surface area (Å²) in [6.07, 6.45) is 8.31. The number of thioether (sulfide) groups is 1.